The first-order valence-electron chi connectivity index (χ1n) is 9.49. The topological polar surface area (TPSA) is 107 Å². The molecule has 2 aromatic carbocycles. The normalized spacial score (nSPS) is 12.3. The van der Waals surface area contributed by atoms with Crippen molar-refractivity contribution in [3.63, 3.8) is 0 Å². The van der Waals surface area contributed by atoms with Crippen LogP contribution >= 0.6 is 23.2 Å². The lowest BCUT2D eigenvalue weighted by Gasteiger charge is -2.18. The maximum atomic E-state index is 12.9. The number of carbonyl (C=O) groups excluding carboxylic acids is 1. The van der Waals surface area contributed by atoms with E-state index in [9.17, 15) is 18.0 Å². The van der Waals surface area contributed by atoms with Crippen LogP contribution in [0.3, 0.4) is 0 Å². The van der Waals surface area contributed by atoms with E-state index in [2.05, 4.69) is 9.82 Å². The lowest BCUT2D eigenvalue weighted by atomic mass is 10.1. The van der Waals surface area contributed by atoms with E-state index in [1.165, 1.54) is 30.5 Å². The van der Waals surface area contributed by atoms with Crippen LogP contribution in [0.1, 0.15) is 12.5 Å². The van der Waals surface area contributed by atoms with Crippen molar-refractivity contribution in [2.45, 2.75) is 24.3 Å². The second-order valence-corrected chi connectivity index (χ2v) is 9.13. The molecule has 32 heavy (non-hydrogen) atoms. The molecule has 0 aliphatic heterocycles. The summed E-state index contributed by atoms with van der Waals surface area (Å²) in [4.78, 5) is 24.5. The summed E-state index contributed by atoms with van der Waals surface area (Å²) in [5.74, 6) is -0.678. The van der Waals surface area contributed by atoms with Gasteiger partial charge in [0.15, 0.2) is 0 Å². The van der Waals surface area contributed by atoms with Crippen LogP contribution in [0.4, 0.5) is 0 Å². The highest BCUT2D eigenvalue weighted by Gasteiger charge is 2.27. The number of sulfonamides is 1. The number of halogens is 2. The molecule has 1 heterocycles. The number of rotatable bonds is 8. The van der Waals surface area contributed by atoms with Gasteiger partial charge in [0, 0.05) is 0 Å². The van der Waals surface area contributed by atoms with Gasteiger partial charge in [0.05, 0.1) is 28.4 Å². The summed E-state index contributed by atoms with van der Waals surface area (Å²) < 4.78 is 34.3. The Kier molecular flexibility index (Phi) is 7.68. The van der Waals surface area contributed by atoms with Crippen molar-refractivity contribution in [2.75, 3.05) is 6.61 Å². The van der Waals surface area contributed by atoms with Gasteiger partial charge in [0.1, 0.15) is 11.1 Å². The first-order valence-corrected chi connectivity index (χ1v) is 11.7. The van der Waals surface area contributed by atoms with Crippen molar-refractivity contribution in [1.82, 2.24) is 14.5 Å². The molecule has 0 bridgehead atoms. The van der Waals surface area contributed by atoms with Crippen LogP contribution in [0.5, 0.6) is 0 Å². The molecule has 0 saturated carbocycles. The van der Waals surface area contributed by atoms with E-state index in [4.69, 9.17) is 27.9 Å². The van der Waals surface area contributed by atoms with Gasteiger partial charge in [-0.1, -0.05) is 53.5 Å². The lowest BCUT2D eigenvalue weighted by molar-refractivity contribution is -0.145. The summed E-state index contributed by atoms with van der Waals surface area (Å²) in [7, 11) is -4.07. The second kappa shape index (κ2) is 10.3. The molecule has 1 N–H and O–H groups in total. The maximum absolute atomic E-state index is 12.9. The van der Waals surface area contributed by atoms with Crippen LogP contribution in [-0.4, -0.2) is 36.8 Å². The average Bonchev–Trinajstić information content (AvgIpc) is 2.78. The van der Waals surface area contributed by atoms with Gasteiger partial charge in [-0.25, -0.2) is 8.42 Å². The van der Waals surface area contributed by atoms with Gasteiger partial charge >= 0.3 is 5.97 Å². The molecule has 0 fully saturated rings. The molecule has 3 aromatic rings. The molecule has 168 valence electrons. The van der Waals surface area contributed by atoms with E-state index in [1.807, 2.05) is 6.07 Å². The molecule has 0 aliphatic carbocycles. The third-order valence-corrected chi connectivity index (χ3v) is 6.66. The van der Waals surface area contributed by atoms with Gasteiger partial charge in [-0.15, -0.1) is 0 Å². The number of nitrogens with zero attached hydrogens (tertiary/aromatic N) is 2. The molecule has 8 nitrogen and oxygen atoms in total. The fraction of sp³-hybridized carbons (Fsp3) is 0.190. The third kappa shape index (κ3) is 5.55. The first-order chi connectivity index (χ1) is 15.2. The molecule has 1 aromatic heterocycles. The Morgan fingerprint density at radius 2 is 1.78 bits per heavy atom. The molecule has 0 radical (unpaired) electrons. The number of hydrogen-bond donors (Lipinski definition) is 1. The number of ether oxygens (including phenoxy) is 1. The number of carbonyl (C=O) groups is 1. The van der Waals surface area contributed by atoms with E-state index >= 15 is 0 Å². The minimum absolute atomic E-state index is 0.0136. The zero-order valence-corrected chi connectivity index (χ0v) is 19.2. The van der Waals surface area contributed by atoms with Gasteiger partial charge in [-0.3, -0.25) is 9.59 Å². The van der Waals surface area contributed by atoms with Gasteiger partial charge in [0.25, 0.3) is 5.56 Å². The summed E-state index contributed by atoms with van der Waals surface area (Å²) in [6, 6.07) is 13.2. The minimum Gasteiger partial charge on any atom is -0.465 e. The summed E-state index contributed by atoms with van der Waals surface area (Å²) in [6.07, 6.45) is 1.34. The quantitative estimate of drug-likeness (QED) is 0.481. The molecular weight excluding hydrogens is 477 g/mol. The van der Waals surface area contributed by atoms with E-state index in [1.54, 1.807) is 31.2 Å². The molecular formula is C21H19Cl2N3O5S. The van der Waals surface area contributed by atoms with Crippen LogP contribution in [0.25, 0.3) is 5.69 Å². The molecule has 0 aliphatic rings. The van der Waals surface area contributed by atoms with Crippen LogP contribution < -0.4 is 10.3 Å². The molecule has 0 spiro atoms. The Morgan fingerprint density at radius 1 is 1.12 bits per heavy atom. The van der Waals surface area contributed by atoms with Crippen molar-refractivity contribution in [2.24, 2.45) is 0 Å². The predicted octanol–water partition coefficient (Wildman–Crippen LogP) is 2.99. The average molecular weight is 496 g/mol. The Morgan fingerprint density at radius 3 is 2.41 bits per heavy atom. The largest absolute Gasteiger partial charge is 0.465 e. The Bertz CT molecular complexity index is 1260. The van der Waals surface area contributed by atoms with Crippen LogP contribution in [0.2, 0.25) is 10.0 Å². The molecule has 1 unspecified atom stereocenters. The monoisotopic (exact) mass is 495 g/mol. The number of hydrogen-bond acceptors (Lipinski definition) is 6. The van der Waals surface area contributed by atoms with Crippen molar-refractivity contribution >= 4 is 39.2 Å². The maximum Gasteiger partial charge on any atom is 0.324 e. The second-order valence-electron chi connectivity index (χ2n) is 6.63. The molecule has 0 amide bonds. The van der Waals surface area contributed by atoms with Crippen LogP contribution in [0, 0.1) is 0 Å². The number of esters is 1. The van der Waals surface area contributed by atoms with Gasteiger partial charge in [0.2, 0.25) is 10.0 Å². The SMILES string of the molecule is CCOC(=O)C(Cc1ccccc1)NS(=O)(=O)c1ccc(-n2ncc(Cl)c(Cl)c2=O)cc1. The smallest absolute Gasteiger partial charge is 0.324 e. The standard InChI is InChI=1S/C21H19Cl2N3O5S/c1-2-31-21(28)18(12-14-6-4-3-5-7-14)25-32(29,30)16-10-8-15(9-11-16)26-20(27)19(23)17(22)13-24-26/h3-11,13,18,25H,2,12H2,1H3. The van der Waals surface area contributed by atoms with Crippen molar-refractivity contribution in [3.05, 3.63) is 86.8 Å². The van der Waals surface area contributed by atoms with Crippen LogP contribution in [-0.2, 0) is 26.0 Å². The zero-order chi connectivity index (χ0) is 23.3. The highest BCUT2D eigenvalue weighted by molar-refractivity contribution is 7.89. The molecule has 3 rings (SSSR count). The minimum atomic E-state index is -4.07. The van der Waals surface area contributed by atoms with Gasteiger partial charge in [-0.05, 0) is 43.2 Å². The zero-order valence-electron chi connectivity index (χ0n) is 16.9. The summed E-state index contributed by atoms with van der Waals surface area (Å²) in [5, 5.41) is 3.72. The van der Waals surface area contributed by atoms with E-state index in [-0.39, 0.29) is 28.0 Å². The fourth-order valence-electron chi connectivity index (χ4n) is 2.88. The highest BCUT2D eigenvalue weighted by atomic mass is 35.5. The fourth-order valence-corrected chi connectivity index (χ4v) is 4.32. The van der Waals surface area contributed by atoms with Crippen molar-refractivity contribution < 1.29 is 17.9 Å². The van der Waals surface area contributed by atoms with Crippen molar-refractivity contribution in [1.29, 1.82) is 0 Å². The molecule has 1 atom stereocenters. The summed E-state index contributed by atoms with van der Waals surface area (Å²) in [5.41, 5.74) is 0.422. The van der Waals surface area contributed by atoms with E-state index in [0.717, 1.165) is 10.2 Å². The summed E-state index contributed by atoms with van der Waals surface area (Å²) in [6.45, 7) is 1.76. The summed E-state index contributed by atoms with van der Waals surface area (Å²) >= 11 is 11.6. The Labute approximate surface area is 194 Å². The van der Waals surface area contributed by atoms with E-state index < -0.39 is 27.6 Å². The number of aromatic nitrogens is 2. The Hall–Kier alpha value is -2.72. The predicted molar refractivity (Wildman–Crippen MR) is 121 cm³/mol. The highest BCUT2D eigenvalue weighted by Crippen LogP contribution is 2.18. The van der Waals surface area contributed by atoms with Gasteiger partial charge < -0.3 is 4.74 Å². The number of benzene rings is 2. The number of nitrogens with one attached hydrogen (secondary N) is 1. The van der Waals surface area contributed by atoms with Crippen molar-refractivity contribution in [3.8, 4) is 5.69 Å². The third-order valence-electron chi connectivity index (χ3n) is 4.42. The molecule has 11 heteroatoms. The van der Waals surface area contributed by atoms with Crippen LogP contribution in [0.15, 0.2) is 70.5 Å². The lowest BCUT2D eigenvalue weighted by Crippen LogP contribution is -2.43. The first kappa shape index (κ1) is 23.9. The van der Waals surface area contributed by atoms with Gasteiger partial charge in [-0.2, -0.15) is 14.5 Å². The Balaban J connectivity index is 1.86. The molecule has 0 saturated heterocycles. The van der Waals surface area contributed by atoms with E-state index in [0.29, 0.717) is 5.69 Å².